The zero-order valence-corrected chi connectivity index (χ0v) is 11.0. The van der Waals surface area contributed by atoms with Crippen LogP contribution >= 0.6 is 0 Å². The molecule has 106 valence electrons. The fourth-order valence-electron chi connectivity index (χ4n) is 1.57. The summed E-state index contributed by atoms with van der Waals surface area (Å²) in [5.41, 5.74) is 11.3. The summed E-state index contributed by atoms with van der Waals surface area (Å²) >= 11 is 0. The number of carbonyl (C=O) groups is 2. The molecule has 4 N–H and O–H groups in total. The third-order valence-electron chi connectivity index (χ3n) is 2.63. The Morgan fingerprint density at radius 2 is 1.81 bits per heavy atom. The summed E-state index contributed by atoms with van der Waals surface area (Å²) < 4.78 is 0. The highest BCUT2D eigenvalue weighted by atomic mass is 16.1. The van der Waals surface area contributed by atoms with E-state index in [4.69, 9.17) is 11.5 Å². The third kappa shape index (κ3) is 3.54. The van der Waals surface area contributed by atoms with E-state index in [9.17, 15) is 9.59 Å². The van der Waals surface area contributed by atoms with Gasteiger partial charge in [-0.25, -0.2) is 0 Å². The second kappa shape index (κ2) is 6.49. The number of carbonyl (C=O) groups excluding carboxylic acids is 2. The minimum atomic E-state index is -1.25. The van der Waals surface area contributed by atoms with Crippen molar-refractivity contribution in [3.63, 3.8) is 0 Å². The average Bonchev–Trinajstić information content (AvgIpc) is 2.53. The third-order valence-corrected chi connectivity index (χ3v) is 2.63. The molecule has 21 heavy (non-hydrogen) atoms. The lowest BCUT2D eigenvalue weighted by atomic mass is 10.1. The molecule has 0 radical (unpaired) electrons. The van der Waals surface area contributed by atoms with Gasteiger partial charge < -0.3 is 11.5 Å². The van der Waals surface area contributed by atoms with Gasteiger partial charge in [-0.15, -0.1) is 0 Å². The standard InChI is InChI=1S/C14H13N5O2/c15-13(14(16)21)19-18-10-6-2-1-5-9(10)12(20)11-7-3-4-8-17-11/h1-8,13H,15H2,(H2,16,21). The van der Waals surface area contributed by atoms with E-state index in [1.54, 1.807) is 42.5 Å². The molecule has 0 saturated carbocycles. The van der Waals surface area contributed by atoms with Crippen molar-refractivity contribution in [3.8, 4) is 0 Å². The lowest BCUT2D eigenvalue weighted by molar-refractivity contribution is -0.119. The van der Waals surface area contributed by atoms with E-state index < -0.39 is 12.1 Å². The lowest BCUT2D eigenvalue weighted by Crippen LogP contribution is -2.34. The number of aromatic nitrogens is 1. The lowest BCUT2D eigenvalue weighted by Gasteiger charge is -2.04. The first kappa shape index (κ1) is 14.5. The molecule has 2 aromatic rings. The van der Waals surface area contributed by atoms with E-state index in [-0.39, 0.29) is 5.78 Å². The predicted molar refractivity (Wildman–Crippen MR) is 75.8 cm³/mol. The van der Waals surface area contributed by atoms with Crippen molar-refractivity contribution in [2.45, 2.75) is 6.17 Å². The molecule has 7 heteroatoms. The molecule has 0 fully saturated rings. The van der Waals surface area contributed by atoms with Gasteiger partial charge in [-0.2, -0.15) is 10.2 Å². The molecule has 1 aromatic carbocycles. The maximum absolute atomic E-state index is 12.4. The van der Waals surface area contributed by atoms with Gasteiger partial charge in [0.1, 0.15) is 5.69 Å². The molecule has 7 nitrogen and oxygen atoms in total. The highest BCUT2D eigenvalue weighted by molar-refractivity contribution is 6.10. The van der Waals surface area contributed by atoms with Crippen LogP contribution in [-0.4, -0.2) is 22.8 Å². The monoisotopic (exact) mass is 283 g/mol. The van der Waals surface area contributed by atoms with Crippen LogP contribution in [0.5, 0.6) is 0 Å². The molecule has 2 rings (SSSR count). The second-order valence-corrected chi connectivity index (χ2v) is 4.12. The van der Waals surface area contributed by atoms with Crippen LogP contribution in [0.3, 0.4) is 0 Å². The largest absolute Gasteiger partial charge is 0.367 e. The van der Waals surface area contributed by atoms with Crippen molar-refractivity contribution in [1.82, 2.24) is 4.98 Å². The Balaban J connectivity index is 2.33. The van der Waals surface area contributed by atoms with Crippen LogP contribution in [0.4, 0.5) is 5.69 Å². The fourth-order valence-corrected chi connectivity index (χ4v) is 1.57. The number of azo groups is 1. The molecule has 1 atom stereocenters. The zero-order chi connectivity index (χ0) is 15.2. The number of hydrogen-bond acceptors (Lipinski definition) is 6. The summed E-state index contributed by atoms with van der Waals surface area (Å²) in [4.78, 5) is 27.2. The summed E-state index contributed by atoms with van der Waals surface area (Å²) in [5, 5.41) is 7.41. The first-order valence-electron chi connectivity index (χ1n) is 6.10. The SMILES string of the molecule is NC(=O)C(N)N=Nc1ccccc1C(=O)c1ccccn1. The van der Waals surface area contributed by atoms with Crippen LogP contribution in [0.1, 0.15) is 16.1 Å². The van der Waals surface area contributed by atoms with Crippen LogP contribution in [0, 0.1) is 0 Å². The Bertz CT molecular complexity index is 685. The quantitative estimate of drug-likeness (QED) is 0.631. The summed E-state index contributed by atoms with van der Waals surface area (Å²) in [5.74, 6) is -1.09. The molecule has 0 aliphatic carbocycles. The van der Waals surface area contributed by atoms with Crippen LogP contribution in [-0.2, 0) is 4.79 Å². The van der Waals surface area contributed by atoms with Crippen LogP contribution in [0.2, 0.25) is 0 Å². The van der Waals surface area contributed by atoms with Gasteiger partial charge >= 0.3 is 0 Å². The molecule has 1 aromatic heterocycles. The molecular weight excluding hydrogens is 270 g/mol. The second-order valence-electron chi connectivity index (χ2n) is 4.12. The van der Waals surface area contributed by atoms with E-state index in [1.165, 1.54) is 6.20 Å². The molecule has 0 spiro atoms. The van der Waals surface area contributed by atoms with Crippen molar-refractivity contribution in [1.29, 1.82) is 0 Å². The highest BCUT2D eigenvalue weighted by Crippen LogP contribution is 2.21. The number of ketones is 1. The number of primary amides is 1. The molecule has 0 aliphatic rings. The molecular formula is C14H13N5O2. The van der Waals surface area contributed by atoms with Gasteiger partial charge in [-0.3, -0.25) is 14.6 Å². The first-order valence-corrected chi connectivity index (χ1v) is 6.10. The minimum Gasteiger partial charge on any atom is -0.367 e. The van der Waals surface area contributed by atoms with Crippen molar-refractivity contribution in [3.05, 3.63) is 59.9 Å². The molecule has 0 aliphatic heterocycles. The number of hydrogen-bond donors (Lipinski definition) is 2. The van der Waals surface area contributed by atoms with Gasteiger partial charge in [0, 0.05) is 6.20 Å². The van der Waals surface area contributed by atoms with Gasteiger partial charge in [0.05, 0.1) is 11.3 Å². The number of amides is 1. The van der Waals surface area contributed by atoms with Crippen molar-refractivity contribution in [2.75, 3.05) is 0 Å². The summed E-state index contributed by atoms with van der Waals surface area (Å²) in [6.07, 6.45) is 0.281. The number of nitrogens with two attached hydrogens (primary N) is 2. The average molecular weight is 283 g/mol. The predicted octanol–water partition coefficient (Wildman–Crippen LogP) is 1.17. The maximum atomic E-state index is 12.4. The van der Waals surface area contributed by atoms with E-state index >= 15 is 0 Å². The Kier molecular flexibility index (Phi) is 4.47. The minimum absolute atomic E-state index is 0.291. The van der Waals surface area contributed by atoms with E-state index in [0.717, 1.165) is 0 Å². The number of benzene rings is 1. The van der Waals surface area contributed by atoms with Gasteiger partial charge in [0.2, 0.25) is 5.78 Å². The number of pyridine rings is 1. The molecule has 1 amide bonds. The van der Waals surface area contributed by atoms with Gasteiger partial charge in [-0.05, 0) is 24.3 Å². The van der Waals surface area contributed by atoms with Crippen molar-refractivity contribution < 1.29 is 9.59 Å². The van der Waals surface area contributed by atoms with Gasteiger partial charge in [0.15, 0.2) is 6.17 Å². The van der Waals surface area contributed by atoms with E-state index in [0.29, 0.717) is 16.9 Å². The Morgan fingerprint density at radius 1 is 1.10 bits per heavy atom. The van der Waals surface area contributed by atoms with Gasteiger partial charge in [-0.1, -0.05) is 18.2 Å². The Hall–Kier alpha value is -2.93. The number of rotatable bonds is 5. The summed E-state index contributed by atoms with van der Waals surface area (Å²) in [6, 6.07) is 11.6. The maximum Gasteiger partial charge on any atom is 0.258 e. The molecule has 1 heterocycles. The van der Waals surface area contributed by atoms with Crippen molar-refractivity contribution in [2.24, 2.45) is 21.7 Å². The molecule has 1 unspecified atom stereocenters. The topological polar surface area (TPSA) is 124 Å². The summed E-state index contributed by atoms with van der Waals surface area (Å²) in [7, 11) is 0. The molecule has 0 bridgehead atoms. The Labute approximate surface area is 120 Å². The van der Waals surface area contributed by atoms with Crippen LogP contribution < -0.4 is 11.5 Å². The summed E-state index contributed by atoms with van der Waals surface area (Å²) in [6.45, 7) is 0. The fraction of sp³-hybridized carbons (Fsp3) is 0.0714. The first-order chi connectivity index (χ1) is 10.1. The van der Waals surface area contributed by atoms with E-state index in [2.05, 4.69) is 15.2 Å². The van der Waals surface area contributed by atoms with Crippen LogP contribution in [0.15, 0.2) is 58.9 Å². The highest BCUT2D eigenvalue weighted by Gasteiger charge is 2.14. The number of nitrogens with zero attached hydrogens (tertiary/aromatic N) is 3. The zero-order valence-electron chi connectivity index (χ0n) is 11.0. The van der Waals surface area contributed by atoms with E-state index in [1.807, 2.05) is 0 Å². The van der Waals surface area contributed by atoms with Crippen LogP contribution in [0.25, 0.3) is 0 Å². The van der Waals surface area contributed by atoms with Crippen molar-refractivity contribution >= 4 is 17.4 Å². The Morgan fingerprint density at radius 3 is 2.48 bits per heavy atom. The normalized spacial score (nSPS) is 12.2. The smallest absolute Gasteiger partial charge is 0.258 e. The molecule has 0 saturated heterocycles. The van der Waals surface area contributed by atoms with Gasteiger partial charge in [0.25, 0.3) is 5.91 Å².